The maximum Gasteiger partial charge on any atom is 0.304 e. The summed E-state index contributed by atoms with van der Waals surface area (Å²) in [5.41, 5.74) is -0.0794. The fourth-order valence-corrected chi connectivity index (χ4v) is 4.14. The van der Waals surface area contributed by atoms with Gasteiger partial charge in [0.2, 0.25) is 0 Å². The SMILES string of the molecule is CC1CCCC2(CCOC2CS(=O)(=O)F)CC1. The summed E-state index contributed by atoms with van der Waals surface area (Å²) in [6, 6.07) is 0. The molecular weight excluding hydrogens is 243 g/mol. The second-order valence-corrected chi connectivity index (χ2v) is 7.12. The summed E-state index contributed by atoms with van der Waals surface area (Å²) in [6.07, 6.45) is 5.82. The Morgan fingerprint density at radius 1 is 1.29 bits per heavy atom. The highest BCUT2D eigenvalue weighted by molar-refractivity contribution is 7.86. The van der Waals surface area contributed by atoms with Gasteiger partial charge >= 0.3 is 10.2 Å². The quantitative estimate of drug-likeness (QED) is 0.720. The first-order valence-electron chi connectivity index (χ1n) is 6.45. The van der Waals surface area contributed by atoms with Crippen LogP contribution in [0.5, 0.6) is 0 Å². The van der Waals surface area contributed by atoms with Gasteiger partial charge < -0.3 is 4.74 Å². The summed E-state index contributed by atoms with van der Waals surface area (Å²) in [7, 11) is -4.43. The molecular formula is C12H21FO3S. The van der Waals surface area contributed by atoms with Gasteiger partial charge in [-0.15, -0.1) is 3.89 Å². The van der Waals surface area contributed by atoms with Crippen molar-refractivity contribution in [3.8, 4) is 0 Å². The van der Waals surface area contributed by atoms with Crippen molar-refractivity contribution in [3.05, 3.63) is 0 Å². The molecule has 0 radical (unpaired) electrons. The van der Waals surface area contributed by atoms with E-state index >= 15 is 0 Å². The van der Waals surface area contributed by atoms with Crippen LogP contribution >= 0.6 is 0 Å². The third kappa shape index (κ3) is 3.19. The van der Waals surface area contributed by atoms with E-state index in [1.165, 1.54) is 6.42 Å². The highest BCUT2D eigenvalue weighted by Gasteiger charge is 2.46. The van der Waals surface area contributed by atoms with E-state index in [1.807, 2.05) is 0 Å². The molecule has 100 valence electrons. The highest BCUT2D eigenvalue weighted by Crippen LogP contribution is 2.47. The molecule has 0 aromatic carbocycles. The summed E-state index contributed by atoms with van der Waals surface area (Å²) in [5, 5.41) is 0. The van der Waals surface area contributed by atoms with Gasteiger partial charge in [-0.25, -0.2) is 0 Å². The molecule has 0 bridgehead atoms. The molecule has 1 saturated carbocycles. The van der Waals surface area contributed by atoms with Crippen LogP contribution in [0.15, 0.2) is 0 Å². The third-order valence-electron chi connectivity index (χ3n) is 4.46. The zero-order valence-corrected chi connectivity index (χ0v) is 11.1. The molecule has 1 aliphatic carbocycles. The van der Waals surface area contributed by atoms with Crippen molar-refractivity contribution in [1.29, 1.82) is 0 Å². The lowest BCUT2D eigenvalue weighted by Crippen LogP contribution is -2.35. The fourth-order valence-electron chi connectivity index (χ4n) is 3.33. The maximum atomic E-state index is 12.8. The van der Waals surface area contributed by atoms with Gasteiger partial charge in [-0.2, -0.15) is 8.42 Å². The highest BCUT2D eigenvalue weighted by atomic mass is 32.3. The van der Waals surface area contributed by atoms with Gasteiger partial charge in [0.1, 0.15) is 5.75 Å². The van der Waals surface area contributed by atoms with Crippen LogP contribution in [-0.4, -0.2) is 26.9 Å². The third-order valence-corrected chi connectivity index (χ3v) is 5.16. The summed E-state index contributed by atoms with van der Waals surface area (Å²) >= 11 is 0. The first-order valence-corrected chi connectivity index (χ1v) is 8.00. The number of ether oxygens (including phenoxy) is 1. The van der Waals surface area contributed by atoms with Crippen LogP contribution in [0.4, 0.5) is 3.89 Å². The summed E-state index contributed by atoms with van der Waals surface area (Å²) in [6.45, 7) is 2.81. The van der Waals surface area contributed by atoms with E-state index in [1.54, 1.807) is 0 Å². The topological polar surface area (TPSA) is 43.4 Å². The summed E-state index contributed by atoms with van der Waals surface area (Å²) in [4.78, 5) is 0. The molecule has 0 amide bonds. The summed E-state index contributed by atoms with van der Waals surface area (Å²) < 4.78 is 40.0. The van der Waals surface area contributed by atoms with E-state index in [2.05, 4.69) is 6.92 Å². The molecule has 17 heavy (non-hydrogen) atoms. The van der Waals surface area contributed by atoms with E-state index in [-0.39, 0.29) is 5.41 Å². The molecule has 2 aliphatic rings. The molecule has 1 spiro atoms. The van der Waals surface area contributed by atoms with Crippen LogP contribution < -0.4 is 0 Å². The van der Waals surface area contributed by atoms with E-state index in [4.69, 9.17) is 4.74 Å². The molecule has 1 aliphatic heterocycles. The van der Waals surface area contributed by atoms with Gasteiger partial charge in [0, 0.05) is 6.61 Å². The fraction of sp³-hybridized carbons (Fsp3) is 1.00. The Morgan fingerprint density at radius 3 is 2.76 bits per heavy atom. The van der Waals surface area contributed by atoms with Crippen molar-refractivity contribution in [2.45, 2.75) is 51.6 Å². The predicted octanol–water partition coefficient (Wildman–Crippen LogP) is 2.66. The number of hydrogen-bond donors (Lipinski definition) is 0. The lowest BCUT2D eigenvalue weighted by molar-refractivity contribution is 0.0564. The molecule has 2 rings (SSSR count). The Hall–Kier alpha value is -0.160. The minimum absolute atomic E-state index is 0.0794. The smallest absolute Gasteiger partial charge is 0.304 e. The van der Waals surface area contributed by atoms with E-state index < -0.39 is 22.1 Å². The molecule has 2 fully saturated rings. The van der Waals surface area contributed by atoms with Crippen molar-refractivity contribution in [2.75, 3.05) is 12.4 Å². The molecule has 0 aromatic rings. The minimum Gasteiger partial charge on any atom is -0.376 e. The van der Waals surface area contributed by atoms with Crippen molar-refractivity contribution in [3.63, 3.8) is 0 Å². The molecule has 5 heteroatoms. The lowest BCUT2D eigenvalue weighted by Gasteiger charge is -2.32. The molecule has 0 aromatic heterocycles. The summed E-state index contributed by atoms with van der Waals surface area (Å²) in [5.74, 6) is 0.235. The molecule has 3 unspecified atom stereocenters. The lowest BCUT2D eigenvalue weighted by atomic mass is 9.75. The Kier molecular flexibility index (Phi) is 3.78. The zero-order chi connectivity index (χ0) is 12.5. The molecule has 1 saturated heterocycles. The van der Waals surface area contributed by atoms with E-state index in [0.717, 1.165) is 32.1 Å². The van der Waals surface area contributed by atoms with Crippen molar-refractivity contribution in [1.82, 2.24) is 0 Å². The largest absolute Gasteiger partial charge is 0.376 e. The van der Waals surface area contributed by atoms with Gasteiger partial charge in [-0.05, 0) is 30.6 Å². The monoisotopic (exact) mass is 264 g/mol. The minimum atomic E-state index is -4.43. The van der Waals surface area contributed by atoms with Crippen LogP contribution in [0.25, 0.3) is 0 Å². The van der Waals surface area contributed by atoms with Crippen molar-refractivity contribution >= 4 is 10.2 Å². The maximum absolute atomic E-state index is 12.8. The second kappa shape index (κ2) is 4.84. The van der Waals surface area contributed by atoms with Gasteiger partial charge in [-0.1, -0.05) is 26.2 Å². The first kappa shape index (κ1) is 13.3. The Morgan fingerprint density at radius 2 is 2.06 bits per heavy atom. The van der Waals surface area contributed by atoms with Crippen LogP contribution in [-0.2, 0) is 15.0 Å². The number of halogens is 1. The van der Waals surface area contributed by atoms with Crippen LogP contribution in [0.3, 0.4) is 0 Å². The second-order valence-electron chi connectivity index (χ2n) is 5.71. The van der Waals surface area contributed by atoms with Gasteiger partial charge in [0.05, 0.1) is 6.10 Å². The van der Waals surface area contributed by atoms with Gasteiger partial charge in [0.15, 0.2) is 0 Å². The first-order chi connectivity index (χ1) is 7.91. The van der Waals surface area contributed by atoms with E-state index in [9.17, 15) is 12.3 Å². The molecule has 1 heterocycles. The Labute approximate surface area is 103 Å². The van der Waals surface area contributed by atoms with Crippen LogP contribution in [0.1, 0.15) is 45.4 Å². The predicted molar refractivity (Wildman–Crippen MR) is 63.9 cm³/mol. The van der Waals surface area contributed by atoms with Gasteiger partial charge in [0.25, 0.3) is 0 Å². The van der Waals surface area contributed by atoms with Crippen LogP contribution in [0.2, 0.25) is 0 Å². The average Bonchev–Trinajstić information content (AvgIpc) is 2.45. The number of rotatable bonds is 2. The van der Waals surface area contributed by atoms with Gasteiger partial charge in [-0.3, -0.25) is 0 Å². The Balaban J connectivity index is 2.11. The standard InChI is InChI=1S/C12H21FO3S/c1-10-3-2-5-12(6-4-10)7-8-16-11(12)9-17(13,14)15/h10-11H,2-9H2,1H3. The molecule has 3 atom stereocenters. The molecule has 0 N–H and O–H groups in total. The Bertz CT molecular complexity index is 368. The molecule has 3 nitrogen and oxygen atoms in total. The zero-order valence-electron chi connectivity index (χ0n) is 10.3. The number of hydrogen-bond acceptors (Lipinski definition) is 3. The van der Waals surface area contributed by atoms with Crippen molar-refractivity contribution < 1.29 is 17.0 Å². The van der Waals surface area contributed by atoms with Crippen molar-refractivity contribution in [2.24, 2.45) is 11.3 Å². The normalized spacial score (nSPS) is 39.4. The van der Waals surface area contributed by atoms with Crippen LogP contribution in [0, 0.1) is 11.3 Å². The average molecular weight is 264 g/mol. The van der Waals surface area contributed by atoms with E-state index in [0.29, 0.717) is 12.5 Å².